The van der Waals surface area contributed by atoms with Crippen molar-refractivity contribution in [1.82, 2.24) is 4.98 Å². The predicted molar refractivity (Wildman–Crippen MR) is 57.6 cm³/mol. The van der Waals surface area contributed by atoms with Crippen molar-refractivity contribution in [1.29, 1.82) is 0 Å². The highest BCUT2D eigenvalue weighted by molar-refractivity contribution is 5.35. The van der Waals surface area contributed by atoms with Gasteiger partial charge >= 0.3 is 6.18 Å². The number of rotatable bonds is 2. The molecular formula is C10H7F3N4O. The molecule has 0 atom stereocenters. The van der Waals surface area contributed by atoms with Crippen LogP contribution < -0.4 is 5.56 Å². The van der Waals surface area contributed by atoms with Crippen LogP contribution >= 0.6 is 0 Å². The first kappa shape index (κ1) is 13.7. The fourth-order valence-corrected chi connectivity index (χ4v) is 1.05. The van der Waals surface area contributed by atoms with Gasteiger partial charge in [0.15, 0.2) is 0 Å². The summed E-state index contributed by atoms with van der Waals surface area (Å²) < 4.78 is 37.1. The number of azide groups is 1. The molecule has 1 N–H and O–H groups in total. The first-order valence-electron chi connectivity index (χ1n) is 4.75. The van der Waals surface area contributed by atoms with E-state index < -0.39 is 17.3 Å². The van der Waals surface area contributed by atoms with Crippen molar-refractivity contribution in [3.63, 3.8) is 0 Å². The Morgan fingerprint density at radius 3 is 2.83 bits per heavy atom. The molecule has 0 saturated carbocycles. The average molecular weight is 256 g/mol. The normalized spacial score (nSPS) is 10.2. The maximum atomic E-state index is 12.4. The van der Waals surface area contributed by atoms with Crippen molar-refractivity contribution in [3.05, 3.63) is 44.2 Å². The first-order chi connectivity index (χ1) is 8.45. The summed E-state index contributed by atoms with van der Waals surface area (Å²) in [6, 6.07) is 0.680. The van der Waals surface area contributed by atoms with E-state index in [0.29, 0.717) is 12.3 Å². The fraction of sp³-hybridized carbons (Fsp3) is 0.300. The van der Waals surface area contributed by atoms with E-state index in [1.54, 1.807) is 0 Å². The van der Waals surface area contributed by atoms with Crippen LogP contribution in [0.25, 0.3) is 10.4 Å². The molecule has 0 bridgehead atoms. The molecule has 1 aromatic heterocycles. The third-order valence-corrected chi connectivity index (χ3v) is 1.85. The minimum absolute atomic E-state index is 0.0976. The molecule has 0 fully saturated rings. The lowest BCUT2D eigenvalue weighted by atomic mass is 10.2. The van der Waals surface area contributed by atoms with Gasteiger partial charge in [-0.25, -0.2) is 0 Å². The zero-order valence-electron chi connectivity index (χ0n) is 8.95. The summed E-state index contributed by atoms with van der Waals surface area (Å²) in [5, 5.41) is 3.19. The molecule has 5 nitrogen and oxygen atoms in total. The molecule has 1 heterocycles. The highest BCUT2D eigenvalue weighted by Gasteiger charge is 2.31. The van der Waals surface area contributed by atoms with Gasteiger partial charge in [-0.3, -0.25) is 4.79 Å². The zero-order valence-corrected chi connectivity index (χ0v) is 8.95. The Labute approximate surface area is 99.3 Å². The van der Waals surface area contributed by atoms with Crippen LogP contribution in [0.5, 0.6) is 0 Å². The zero-order chi connectivity index (χ0) is 13.6. The fourth-order valence-electron chi connectivity index (χ4n) is 1.05. The van der Waals surface area contributed by atoms with E-state index in [-0.39, 0.29) is 18.5 Å². The lowest BCUT2D eigenvalue weighted by molar-refractivity contribution is -0.137. The number of aromatic nitrogens is 1. The standard InChI is InChI=1S/C10H7F3N4O/c11-10(12,13)8-5-7(9(18)15-6-8)3-1-2-4-16-17-14/h5-6H,2,4H2,(H,15,18). The second-order valence-electron chi connectivity index (χ2n) is 3.14. The molecular weight excluding hydrogens is 249 g/mol. The Bertz CT molecular complexity index is 588. The lowest BCUT2D eigenvalue weighted by Gasteiger charge is -2.05. The Morgan fingerprint density at radius 2 is 2.22 bits per heavy atom. The first-order valence-corrected chi connectivity index (χ1v) is 4.75. The summed E-state index contributed by atoms with van der Waals surface area (Å²) in [6.07, 6.45) is -3.78. The van der Waals surface area contributed by atoms with Gasteiger partial charge < -0.3 is 4.98 Å². The molecule has 0 aromatic carbocycles. The topological polar surface area (TPSA) is 81.6 Å². The maximum Gasteiger partial charge on any atom is 0.417 e. The van der Waals surface area contributed by atoms with Gasteiger partial charge in [0.2, 0.25) is 0 Å². The maximum absolute atomic E-state index is 12.4. The van der Waals surface area contributed by atoms with Crippen LogP contribution in [0.15, 0.2) is 22.2 Å². The minimum Gasteiger partial charge on any atom is -0.327 e. The summed E-state index contributed by atoms with van der Waals surface area (Å²) in [6.45, 7) is 0.0976. The molecule has 94 valence electrons. The molecule has 1 rings (SSSR count). The number of hydrogen-bond acceptors (Lipinski definition) is 2. The van der Waals surface area contributed by atoms with E-state index in [9.17, 15) is 18.0 Å². The quantitative estimate of drug-likeness (QED) is 0.285. The number of alkyl halides is 3. The summed E-state index contributed by atoms with van der Waals surface area (Å²) in [5.74, 6) is 4.76. The van der Waals surface area contributed by atoms with Crippen LogP contribution in [0.2, 0.25) is 0 Å². The van der Waals surface area contributed by atoms with E-state index >= 15 is 0 Å². The monoisotopic (exact) mass is 256 g/mol. The molecule has 8 heteroatoms. The third-order valence-electron chi connectivity index (χ3n) is 1.85. The summed E-state index contributed by atoms with van der Waals surface area (Å²) in [4.78, 5) is 15.7. The van der Waals surface area contributed by atoms with Gasteiger partial charge in [-0.15, -0.1) is 0 Å². The van der Waals surface area contributed by atoms with Crippen LogP contribution in [0.1, 0.15) is 17.5 Å². The number of pyridine rings is 1. The number of H-pyrrole nitrogens is 1. The molecule has 0 amide bonds. The lowest BCUT2D eigenvalue weighted by Crippen LogP contribution is -2.14. The summed E-state index contributed by atoms with van der Waals surface area (Å²) >= 11 is 0. The molecule has 0 aliphatic heterocycles. The van der Waals surface area contributed by atoms with Crippen molar-refractivity contribution in [3.8, 4) is 11.8 Å². The molecule has 0 aliphatic carbocycles. The van der Waals surface area contributed by atoms with Gasteiger partial charge in [0.1, 0.15) is 0 Å². The van der Waals surface area contributed by atoms with E-state index in [2.05, 4.69) is 21.9 Å². The second kappa shape index (κ2) is 5.80. The Hall–Kier alpha value is -2.39. The largest absolute Gasteiger partial charge is 0.417 e. The van der Waals surface area contributed by atoms with Crippen LogP contribution in [-0.2, 0) is 6.18 Å². The van der Waals surface area contributed by atoms with Crippen LogP contribution in [0.4, 0.5) is 13.2 Å². The van der Waals surface area contributed by atoms with Crippen molar-refractivity contribution in [2.24, 2.45) is 5.11 Å². The number of halogens is 3. The number of hydrogen-bond donors (Lipinski definition) is 1. The molecule has 0 spiro atoms. The van der Waals surface area contributed by atoms with Gasteiger partial charge in [-0.05, 0) is 11.6 Å². The highest BCUT2D eigenvalue weighted by Crippen LogP contribution is 2.28. The van der Waals surface area contributed by atoms with Crippen LogP contribution in [-0.4, -0.2) is 11.5 Å². The molecule has 0 saturated heterocycles. The minimum atomic E-state index is -4.54. The van der Waals surface area contributed by atoms with E-state index in [0.717, 1.165) is 0 Å². The number of aromatic amines is 1. The summed E-state index contributed by atoms with van der Waals surface area (Å²) in [5.41, 5.74) is 6.04. The third kappa shape index (κ3) is 3.88. The van der Waals surface area contributed by atoms with Crippen LogP contribution in [0.3, 0.4) is 0 Å². The smallest absolute Gasteiger partial charge is 0.327 e. The average Bonchev–Trinajstić information content (AvgIpc) is 2.29. The Balaban J connectivity index is 2.95. The van der Waals surface area contributed by atoms with Crippen molar-refractivity contribution in [2.45, 2.75) is 12.6 Å². The molecule has 0 unspecified atom stereocenters. The second-order valence-corrected chi connectivity index (χ2v) is 3.14. The van der Waals surface area contributed by atoms with Gasteiger partial charge in [0.05, 0.1) is 11.1 Å². The SMILES string of the molecule is [N-]=[N+]=NCCC#Cc1cc(C(F)(F)F)c[nH]c1=O. The molecule has 0 radical (unpaired) electrons. The Morgan fingerprint density at radius 1 is 1.50 bits per heavy atom. The van der Waals surface area contributed by atoms with Crippen molar-refractivity contribution < 1.29 is 13.2 Å². The molecule has 0 aliphatic rings. The van der Waals surface area contributed by atoms with Gasteiger partial charge in [0, 0.05) is 24.1 Å². The van der Waals surface area contributed by atoms with Gasteiger partial charge in [-0.1, -0.05) is 17.0 Å². The van der Waals surface area contributed by atoms with Crippen molar-refractivity contribution in [2.75, 3.05) is 6.54 Å². The van der Waals surface area contributed by atoms with Gasteiger partial charge in [0.25, 0.3) is 5.56 Å². The number of nitrogens with one attached hydrogen (secondary N) is 1. The van der Waals surface area contributed by atoms with Crippen LogP contribution in [0, 0.1) is 11.8 Å². The van der Waals surface area contributed by atoms with Gasteiger partial charge in [-0.2, -0.15) is 13.2 Å². The Kier molecular flexibility index (Phi) is 4.40. The summed E-state index contributed by atoms with van der Waals surface area (Å²) in [7, 11) is 0. The molecule has 1 aromatic rings. The van der Waals surface area contributed by atoms with E-state index in [1.807, 2.05) is 4.98 Å². The van der Waals surface area contributed by atoms with E-state index in [1.165, 1.54) is 0 Å². The van der Waals surface area contributed by atoms with E-state index in [4.69, 9.17) is 5.53 Å². The molecule has 18 heavy (non-hydrogen) atoms. The highest BCUT2D eigenvalue weighted by atomic mass is 19.4. The predicted octanol–water partition coefficient (Wildman–Crippen LogP) is 2.45. The van der Waals surface area contributed by atoms with Crippen molar-refractivity contribution >= 4 is 0 Å². The number of nitrogens with zero attached hydrogens (tertiary/aromatic N) is 3.